The molecule has 0 aliphatic heterocycles. The Morgan fingerprint density at radius 2 is 0.887 bits per heavy atom. The van der Waals surface area contributed by atoms with Gasteiger partial charge in [-0.1, -0.05) is 140 Å². The van der Waals surface area contributed by atoms with E-state index in [1.807, 2.05) is 12.1 Å². The standard InChI is InChI=1S/C50H31NO2/c1-3-15-36-32(12-1)14-9-22-43(36)51(35-29-26-34(27-30-35)37-19-10-24-46-48(37)41-18-6-8-23-45(41)52-46)44-21-7-5-17-39(44)40-20-11-25-47-49(40)42-31-28-33-13-2-4-16-38(33)50(42)53-47/h1-31H. The van der Waals surface area contributed by atoms with E-state index in [1.165, 1.54) is 16.2 Å². The number of rotatable bonds is 5. The largest absolute Gasteiger partial charge is 0.456 e. The zero-order chi connectivity index (χ0) is 34.9. The highest BCUT2D eigenvalue weighted by atomic mass is 16.3. The van der Waals surface area contributed by atoms with Crippen molar-refractivity contribution in [2.24, 2.45) is 0 Å². The molecule has 0 saturated heterocycles. The molecule has 0 bridgehead atoms. The molecule has 53 heavy (non-hydrogen) atoms. The van der Waals surface area contributed by atoms with E-state index in [-0.39, 0.29) is 0 Å². The molecule has 2 heterocycles. The van der Waals surface area contributed by atoms with Gasteiger partial charge in [-0.3, -0.25) is 0 Å². The minimum atomic E-state index is 0.880. The number of fused-ring (bicyclic) bond motifs is 9. The molecule has 2 aromatic heterocycles. The lowest BCUT2D eigenvalue weighted by atomic mass is 9.95. The summed E-state index contributed by atoms with van der Waals surface area (Å²) in [5, 5.41) is 9.17. The topological polar surface area (TPSA) is 29.5 Å². The highest BCUT2D eigenvalue weighted by molar-refractivity contribution is 6.20. The Bertz CT molecular complexity index is 3180. The van der Waals surface area contributed by atoms with E-state index in [9.17, 15) is 0 Å². The van der Waals surface area contributed by atoms with Crippen molar-refractivity contribution in [2.45, 2.75) is 0 Å². The maximum Gasteiger partial charge on any atom is 0.143 e. The molecule has 3 heteroatoms. The molecule has 0 N–H and O–H groups in total. The van der Waals surface area contributed by atoms with Crippen molar-refractivity contribution in [3.63, 3.8) is 0 Å². The second-order valence-electron chi connectivity index (χ2n) is 13.6. The summed E-state index contributed by atoms with van der Waals surface area (Å²) in [4.78, 5) is 2.41. The molecule has 0 atom stereocenters. The van der Waals surface area contributed by atoms with Crippen LogP contribution in [0.5, 0.6) is 0 Å². The summed E-state index contributed by atoms with van der Waals surface area (Å²) in [6.45, 7) is 0. The second kappa shape index (κ2) is 11.7. The Balaban J connectivity index is 1.13. The first-order chi connectivity index (χ1) is 26.3. The van der Waals surface area contributed by atoms with Crippen LogP contribution in [0.4, 0.5) is 17.1 Å². The molecule has 0 aliphatic rings. The van der Waals surface area contributed by atoms with E-state index in [0.717, 1.165) is 88.6 Å². The van der Waals surface area contributed by atoms with Crippen LogP contribution in [0.2, 0.25) is 0 Å². The summed E-state index contributed by atoms with van der Waals surface area (Å²) in [5.41, 5.74) is 11.4. The molecule has 0 fully saturated rings. The van der Waals surface area contributed by atoms with Gasteiger partial charge < -0.3 is 13.7 Å². The Labute approximate surface area is 305 Å². The quantitative estimate of drug-likeness (QED) is 0.182. The van der Waals surface area contributed by atoms with Crippen LogP contribution in [0, 0.1) is 0 Å². The first-order valence-electron chi connectivity index (χ1n) is 18.0. The van der Waals surface area contributed by atoms with Gasteiger partial charge in [-0.2, -0.15) is 0 Å². The number of para-hydroxylation sites is 2. The number of hydrogen-bond donors (Lipinski definition) is 0. The molecule has 11 rings (SSSR count). The maximum absolute atomic E-state index is 6.64. The van der Waals surface area contributed by atoms with Crippen LogP contribution in [0.1, 0.15) is 0 Å². The van der Waals surface area contributed by atoms with Crippen molar-refractivity contribution in [1.82, 2.24) is 0 Å². The minimum Gasteiger partial charge on any atom is -0.456 e. The average Bonchev–Trinajstić information content (AvgIpc) is 3.81. The van der Waals surface area contributed by atoms with Crippen LogP contribution in [-0.2, 0) is 0 Å². The molecule has 0 amide bonds. The van der Waals surface area contributed by atoms with E-state index >= 15 is 0 Å². The van der Waals surface area contributed by atoms with Crippen molar-refractivity contribution in [3.8, 4) is 22.3 Å². The predicted molar refractivity (Wildman–Crippen MR) is 222 cm³/mol. The normalized spacial score (nSPS) is 11.8. The first-order valence-corrected chi connectivity index (χ1v) is 18.0. The van der Waals surface area contributed by atoms with E-state index in [0.29, 0.717) is 0 Å². The van der Waals surface area contributed by atoms with Crippen LogP contribution in [0.25, 0.3) is 87.7 Å². The summed E-state index contributed by atoms with van der Waals surface area (Å²) < 4.78 is 12.9. The molecule has 0 saturated carbocycles. The summed E-state index contributed by atoms with van der Waals surface area (Å²) in [6, 6.07) is 66.8. The van der Waals surface area contributed by atoms with Crippen LogP contribution >= 0.6 is 0 Å². The summed E-state index contributed by atoms with van der Waals surface area (Å²) in [5.74, 6) is 0. The van der Waals surface area contributed by atoms with Gasteiger partial charge in [0.05, 0.1) is 11.4 Å². The smallest absolute Gasteiger partial charge is 0.143 e. The average molecular weight is 678 g/mol. The fourth-order valence-electron chi connectivity index (χ4n) is 8.29. The van der Waals surface area contributed by atoms with Gasteiger partial charge >= 0.3 is 0 Å². The van der Waals surface area contributed by atoms with Gasteiger partial charge in [0.25, 0.3) is 0 Å². The number of hydrogen-bond acceptors (Lipinski definition) is 3. The number of furan rings is 2. The van der Waals surface area contributed by atoms with Gasteiger partial charge in [0.1, 0.15) is 22.3 Å². The third-order valence-corrected chi connectivity index (χ3v) is 10.7. The summed E-state index contributed by atoms with van der Waals surface area (Å²) in [7, 11) is 0. The SMILES string of the molecule is c1ccc(N(c2ccc(-c3cccc4oc5ccccc5c34)cc2)c2cccc3ccccc23)c(-c2cccc3oc4c5ccccc5ccc4c23)c1. The van der Waals surface area contributed by atoms with Crippen molar-refractivity contribution in [1.29, 1.82) is 0 Å². The number of nitrogens with zero attached hydrogens (tertiary/aromatic N) is 1. The molecule has 0 aliphatic carbocycles. The van der Waals surface area contributed by atoms with Crippen molar-refractivity contribution in [2.75, 3.05) is 4.90 Å². The zero-order valence-electron chi connectivity index (χ0n) is 28.7. The van der Waals surface area contributed by atoms with Gasteiger partial charge in [-0.15, -0.1) is 0 Å². The summed E-state index contributed by atoms with van der Waals surface area (Å²) >= 11 is 0. The van der Waals surface area contributed by atoms with Gasteiger partial charge in [-0.25, -0.2) is 0 Å². The lowest BCUT2D eigenvalue weighted by Gasteiger charge is -2.29. The molecule has 248 valence electrons. The van der Waals surface area contributed by atoms with Gasteiger partial charge in [0, 0.05) is 43.6 Å². The molecular formula is C50H31NO2. The number of anilines is 3. The lowest BCUT2D eigenvalue weighted by molar-refractivity contribution is 0.669. The van der Waals surface area contributed by atoms with E-state index in [2.05, 4.69) is 181 Å². The summed E-state index contributed by atoms with van der Waals surface area (Å²) in [6.07, 6.45) is 0. The van der Waals surface area contributed by atoms with Gasteiger partial charge in [0.15, 0.2) is 0 Å². The van der Waals surface area contributed by atoms with Crippen molar-refractivity contribution in [3.05, 3.63) is 188 Å². The molecule has 9 aromatic carbocycles. The highest BCUT2D eigenvalue weighted by Crippen LogP contribution is 2.47. The van der Waals surface area contributed by atoms with Crippen molar-refractivity contribution >= 4 is 82.5 Å². The highest BCUT2D eigenvalue weighted by Gasteiger charge is 2.22. The minimum absolute atomic E-state index is 0.880. The number of benzene rings is 9. The van der Waals surface area contributed by atoms with E-state index < -0.39 is 0 Å². The monoisotopic (exact) mass is 677 g/mol. The predicted octanol–water partition coefficient (Wildman–Crippen LogP) is 14.6. The first kappa shape index (κ1) is 29.6. The van der Waals surface area contributed by atoms with E-state index in [4.69, 9.17) is 8.83 Å². The molecule has 0 unspecified atom stereocenters. The molecule has 3 nitrogen and oxygen atoms in total. The Morgan fingerprint density at radius 1 is 0.321 bits per heavy atom. The Hall–Kier alpha value is -7.10. The Kier molecular flexibility index (Phi) is 6.55. The van der Waals surface area contributed by atoms with Crippen LogP contribution in [0.3, 0.4) is 0 Å². The fourth-order valence-corrected chi connectivity index (χ4v) is 8.29. The van der Waals surface area contributed by atoms with Crippen molar-refractivity contribution < 1.29 is 8.83 Å². The van der Waals surface area contributed by atoms with Crippen LogP contribution < -0.4 is 4.90 Å². The van der Waals surface area contributed by atoms with Gasteiger partial charge in [0.2, 0.25) is 0 Å². The molecule has 11 aromatic rings. The molecule has 0 radical (unpaired) electrons. The lowest BCUT2D eigenvalue weighted by Crippen LogP contribution is -2.11. The maximum atomic E-state index is 6.64. The van der Waals surface area contributed by atoms with Crippen LogP contribution in [-0.4, -0.2) is 0 Å². The third kappa shape index (κ3) is 4.61. The zero-order valence-corrected chi connectivity index (χ0v) is 28.7. The van der Waals surface area contributed by atoms with Gasteiger partial charge in [-0.05, 0) is 76.0 Å². The Morgan fingerprint density at radius 3 is 1.74 bits per heavy atom. The molecular weight excluding hydrogens is 647 g/mol. The van der Waals surface area contributed by atoms with Crippen LogP contribution in [0.15, 0.2) is 197 Å². The second-order valence-corrected chi connectivity index (χ2v) is 13.6. The molecule has 0 spiro atoms. The van der Waals surface area contributed by atoms with E-state index in [1.54, 1.807) is 0 Å². The third-order valence-electron chi connectivity index (χ3n) is 10.7. The fraction of sp³-hybridized carbons (Fsp3) is 0.